The van der Waals surface area contributed by atoms with Gasteiger partial charge in [-0.25, -0.2) is 8.42 Å². The van der Waals surface area contributed by atoms with E-state index in [0.717, 1.165) is 43.4 Å². The fourth-order valence-electron chi connectivity index (χ4n) is 3.19. The Hall–Kier alpha value is -1.07. The summed E-state index contributed by atoms with van der Waals surface area (Å²) in [7, 11) is -3.25. The topological polar surface area (TPSA) is 63.4 Å². The maximum absolute atomic E-state index is 12.8. The summed E-state index contributed by atoms with van der Waals surface area (Å²) in [4.78, 5) is 0. The summed E-state index contributed by atoms with van der Waals surface area (Å²) in [6.45, 7) is 0.413. The van der Waals surface area contributed by atoms with Crippen molar-refractivity contribution < 1.29 is 8.42 Å². The van der Waals surface area contributed by atoms with Gasteiger partial charge >= 0.3 is 0 Å². The van der Waals surface area contributed by atoms with Crippen molar-refractivity contribution in [2.75, 3.05) is 10.8 Å². The van der Waals surface area contributed by atoms with Crippen LogP contribution in [-0.4, -0.2) is 26.3 Å². The average Bonchev–Trinajstić information content (AvgIpc) is 2.92. The fourth-order valence-corrected chi connectivity index (χ4v) is 5.33. The molecule has 0 saturated heterocycles. The Bertz CT molecular complexity index is 565. The van der Waals surface area contributed by atoms with Crippen molar-refractivity contribution in [2.45, 2.75) is 43.4 Å². The van der Waals surface area contributed by atoms with Gasteiger partial charge in [-0.3, -0.25) is 4.31 Å². The number of hydrogen-bond acceptors (Lipinski definition) is 3. The Kier molecular flexibility index (Phi) is 3.27. The van der Waals surface area contributed by atoms with Gasteiger partial charge in [-0.1, -0.05) is 31.0 Å². The van der Waals surface area contributed by atoms with Gasteiger partial charge in [-0.15, -0.1) is 0 Å². The first-order valence-electron chi connectivity index (χ1n) is 6.94. The van der Waals surface area contributed by atoms with E-state index >= 15 is 0 Å². The smallest absolute Gasteiger partial charge is 0.238 e. The molecule has 1 unspecified atom stereocenters. The predicted octanol–water partition coefficient (Wildman–Crippen LogP) is 1.65. The zero-order chi connectivity index (χ0) is 13.5. The lowest BCUT2D eigenvalue weighted by molar-refractivity contribution is 0.561. The van der Waals surface area contributed by atoms with E-state index in [9.17, 15) is 8.42 Å². The first kappa shape index (κ1) is 12.9. The summed E-state index contributed by atoms with van der Waals surface area (Å²) >= 11 is 0. The summed E-state index contributed by atoms with van der Waals surface area (Å²) in [6.07, 6.45) is 4.37. The van der Waals surface area contributed by atoms with Gasteiger partial charge in [0.2, 0.25) is 10.0 Å². The van der Waals surface area contributed by atoms with Crippen molar-refractivity contribution in [1.29, 1.82) is 0 Å². The number of rotatable bonds is 2. The van der Waals surface area contributed by atoms with Gasteiger partial charge in [0.15, 0.2) is 0 Å². The highest BCUT2D eigenvalue weighted by Gasteiger charge is 2.37. The summed E-state index contributed by atoms with van der Waals surface area (Å²) in [5.74, 6) is 0. The van der Waals surface area contributed by atoms with Crippen molar-refractivity contribution in [3.63, 3.8) is 0 Å². The Labute approximate surface area is 114 Å². The quantitative estimate of drug-likeness (QED) is 0.896. The number of anilines is 1. The number of hydrogen-bond donors (Lipinski definition) is 1. The number of fused-ring (bicyclic) bond motifs is 1. The lowest BCUT2D eigenvalue weighted by Crippen LogP contribution is -2.48. The van der Waals surface area contributed by atoms with Crippen molar-refractivity contribution in [1.82, 2.24) is 0 Å². The maximum Gasteiger partial charge on any atom is 0.238 e. The minimum Gasteiger partial charge on any atom is -0.326 e. The van der Waals surface area contributed by atoms with Gasteiger partial charge in [0.05, 0.1) is 10.9 Å². The minimum atomic E-state index is -3.25. The van der Waals surface area contributed by atoms with Crippen molar-refractivity contribution in [3.8, 4) is 0 Å². The maximum atomic E-state index is 12.8. The van der Waals surface area contributed by atoms with E-state index in [1.165, 1.54) is 0 Å². The molecule has 1 heterocycles. The Morgan fingerprint density at radius 1 is 1.16 bits per heavy atom. The molecule has 5 heteroatoms. The Morgan fingerprint density at radius 3 is 2.58 bits per heavy atom. The highest BCUT2D eigenvalue weighted by atomic mass is 32.2. The molecule has 4 nitrogen and oxygen atoms in total. The summed E-state index contributed by atoms with van der Waals surface area (Å²) in [6, 6.07) is 7.61. The second-order valence-electron chi connectivity index (χ2n) is 5.58. The molecular weight excluding hydrogens is 260 g/mol. The van der Waals surface area contributed by atoms with Crippen LogP contribution in [0.3, 0.4) is 0 Å². The van der Waals surface area contributed by atoms with Crippen molar-refractivity contribution in [3.05, 3.63) is 29.8 Å². The van der Waals surface area contributed by atoms with Gasteiger partial charge < -0.3 is 5.73 Å². The molecule has 1 aliphatic carbocycles. The molecule has 1 atom stereocenters. The van der Waals surface area contributed by atoms with Crippen molar-refractivity contribution in [2.24, 2.45) is 5.73 Å². The van der Waals surface area contributed by atoms with E-state index in [2.05, 4.69) is 0 Å². The van der Waals surface area contributed by atoms with Crippen LogP contribution in [0.1, 0.15) is 31.2 Å². The third-order valence-corrected chi connectivity index (χ3v) is 6.45. The normalized spacial score (nSPS) is 24.5. The van der Waals surface area contributed by atoms with Crippen LogP contribution in [0.15, 0.2) is 24.3 Å². The Balaban J connectivity index is 2.00. The molecule has 0 radical (unpaired) electrons. The van der Waals surface area contributed by atoms with Crippen molar-refractivity contribution >= 4 is 15.7 Å². The second kappa shape index (κ2) is 4.80. The third-order valence-electron chi connectivity index (χ3n) is 4.17. The average molecular weight is 280 g/mol. The van der Waals surface area contributed by atoms with Gasteiger partial charge in [0.1, 0.15) is 0 Å². The lowest BCUT2D eigenvalue weighted by atomic mass is 10.0. The third kappa shape index (κ3) is 2.25. The largest absolute Gasteiger partial charge is 0.326 e. The molecule has 0 aromatic heterocycles. The molecule has 1 aromatic carbocycles. The zero-order valence-corrected chi connectivity index (χ0v) is 11.8. The lowest BCUT2D eigenvalue weighted by Gasteiger charge is -2.35. The predicted molar refractivity (Wildman–Crippen MR) is 76.6 cm³/mol. The van der Waals surface area contributed by atoms with Crippen LogP contribution in [-0.2, 0) is 16.4 Å². The molecule has 3 rings (SSSR count). The van der Waals surface area contributed by atoms with E-state index in [1.54, 1.807) is 4.31 Å². The van der Waals surface area contributed by atoms with Crippen LogP contribution in [0.5, 0.6) is 0 Å². The molecule has 104 valence electrons. The van der Waals surface area contributed by atoms with Crippen LogP contribution in [0, 0.1) is 0 Å². The van der Waals surface area contributed by atoms with Crippen LogP contribution in [0.25, 0.3) is 0 Å². The summed E-state index contributed by atoms with van der Waals surface area (Å²) < 4.78 is 27.1. The second-order valence-corrected chi connectivity index (χ2v) is 7.71. The SMILES string of the molecule is NC1Cc2ccccc2N(S(=O)(=O)C2CCCC2)C1. The van der Waals surface area contributed by atoms with E-state index in [0.29, 0.717) is 6.54 Å². The highest BCUT2D eigenvalue weighted by Crippen LogP contribution is 2.34. The highest BCUT2D eigenvalue weighted by molar-refractivity contribution is 7.93. The first-order valence-corrected chi connectivity index (χ1v) is 8.44. The molecule has 2 aliphatic rings. The standard InChI is InChI=1S/C14H20N2O2S/c15-12-9-11-5-1-4-8-14(11)16(10-12)19(17,18)13-6-2-3-7-13/h1,4-5,8,12-13H,2-3,6-7,9-10,15H2. The summed E-state index contributed by atoms with van der Waals surface area (Å²) in [5, 5.41) is -0.217. The molecule has 2 N–H and O–H groups in total. The van der Waals surface area contributed by atoms with Crippen LogP contribution < -0.4 is 10.0 Å². The zero-order valence-electron chi connectivity index (χ0n) is 11.0. The number of nitrogens with two attached hydrogens (primary N) is 1. The van der Waals surface area contributed by atoms with Gasteiger partial charge in [-0.05, 0) is 30.9 Å². The molecule has 0 amide bonds. The molecule has 1 saturated carbocycles. The monoisotopic (exact) mass is 280 g/mol. The van der Waals surface area contributed by atoms with Crippen LogP contribution in [0.4, 0.5) is 5.69 Å². The first-order chi connectivity index (χ1) is 9.09. The van der Waals surface area contributed by atoms with E-state index < -0.39 is 10.0 Å². The molecule has 1 aliphatic heterocycles. The number of sulfonamides is 1. The molecule has 0 spiro atoms. The fraction of sp³-hybridized carbons (Fsp3) is 0.571. The molecule has 0 bridgehead atoms. The Morgan fingerprint density at radius 2 is 1.84 bits per heavy atom. The van der Waals surface area contributed by atoms with Crippen LogP contribution in [0.2, 0.25) is 0 Å². The molecular formula is C14H20N2O2S. The van der Waals surface area contributed by atoms with Crippen LogP contribution >= 0.6 is 0 Å². The number of nitrogens with zero attached hydrogens (tertiary/aromatic N) is 1. The number of para-hydroxylation sites is 1. The molecule has 1 aromatic rings. The van der Waals surface area contributed by atoms with E-state index in [1.807, 2.05) is 24.3 Å². The van der Waals surface area contributed by atoms with Gasteiger partial charge in [-0.2, -0.15) is 0 Å². The number of benzene rings is 1. The minimum absolute atomic E-state index is 0.105. The molecule has 1 fully saturated rings. The molecule has 19 heavy (non-hydrogen) atoms. The van der Waals surface area contributed by atoms with E-state index in [-0.39, 0.29) is 11.3 Å². The van der Waals surface area contributed by atoms with Gasteiger partial charge in [0, 0.05) is 12.6 Å². The van der Waals surface area contributed by atoms with Gasteiger partial charge in [0.25, 0.3) is 0 Å². The van der Waals surface area contributed by atoms with E-state index in [4.69, 9.17) is 5.73 Å². The summed E-state index contributed by atoms with van der Waals surface area (Å²) in [5.41, 5.74) is 7.90.